The Morgan fingerprint density at radius 3 is 2.58 bits per heavy atom. The smallest absolute Gasteiger partial charge is 0.341 e. The molecular formula is C17H14N2O7. The monoisotopic (exact) mass is 358 g/mol. The van der Waals surface area contributed by atoms with Crippen molar-refractivity contribution < 1.29 is 33.7 Å². The molecule has 3 aliphatic rings. The molecule has 3 aliphatic heterocycles. The summed E-state index contributed by atoms with van der Waals surface area (Å²) in [5.74, 6) is -2.69. The van der Waals surface area contributed by atoms with Gasteiger partial charge in [-0.3, -0.25) is 9.59 Å². The number of aromatic amines is 1. The van der Waals surface area contributed by atoms with Crippen LogP contribution < -0.4 is 5.32 Å². The number of H-pyrrole nitrogens is 1. The van der Waals surface area contributed by atoms with Gasteiger partial charge in [0.25, 0.3) is 0 Å². The largest absolute Gasteiger partial charge is 0.452 e. The number of carbonyl (C=O) groups is 3. The molecule has 5 rings (SSSR count). The zero-order valence-electron chi connectivity index (χ0n) is 13.4. The molecule has 26 heavy (non-hydrogen) atoms. The van der Waals surface area contributed by atoms with Crippen LogP contribution in [0, 0.1) is 0 Å². The zero-order valence-corrected chi connectivity index (χ0v) is 13.4. The van der Waals surface area contributed by atoms with Gasteiger partial charge in [-0.2, -0.15) is 0 Å². The summed E-state index contributed by atoms with van der Waals surface area (Å²) in [5, 5.41) is 14.1. The van der Waals surface area contributed by atoms with Gasteiger partial charge in [-0.05, 0) is 6.07 Å². The Bertz CT molecular complexity index is 967. The van der Waals surface area contributed by atoms with Crippen LogP contribution >= 0.6 is 0 Å². The second-order valence-corrected chi connectivity index (χ2v) is 6.66. The summed E-state index contributed by atoms with van der Waals surface area (Å²) < 4.78 is 16.3. The highest BCUT2D eigenvalue weighted by Gasteiger charge is 2.53. The molecule has 9 heteroatoms. The highest BCUT2D eigenvalue weighted by molar-refractivity contribution is 5.92. The number of hydrogen-bond donors (Lipinski definition) is 3. The Balaban J connectivity index is 1.76. The number of ether oxygens (including phenoxy) is 3. The summed E-state index contributed by atoms with van der Waals surface area (Å²) in [6.07, 6.45) is -4.35. The van der Waals surface area contributed by atoms with E-state index in [2.05, 4.69) is 10.3 Å². The first-order chi connectivity index (χ1) is 12.4. The number of hydrogen-bond acceptors (Lipinski definition) is 8. The first-order valence-corrected chi connectivity index (χ1v) is 8.14. The predicted molar refractivity (Wildman–Crippen MR) is 83.2 cm³/mol. The minimum atomic E-state index is -2.31. The summed E-state index contributed by atoms with van der Waals surface area (Å²) in [5.41, 5.74) is -0.458. The summed E-state index contributed by atoms with van der Waals surface area (Å²) in [6.45, 7) is 0. The second kappa shape index (κ2) is 5.05. The molecule has 134 valence electrons. The maximum absolute atomic E-state index is 12.4. The lowest BCUT2D eigenvalue weighted by molar-refractivity contribution is -0.201. The average molecular weight is 358 g/mol. The summed E-state index contributed by atoms with van der Waals surface area (Å²) >= 11 is 0. The first kappa shape index (κ1) is 15.4. The van der Waals surface area contributed by atoms with E-state index in [1.165, 1.54) is 0 Å². The van der Waals surface area contributed by atoms with Crippen LogP contribution in [-0.2, 0) is 28.6 Å². The number of aliphatic hydroxyl groups is 1. The molecule has 0 amide bonds. The van der Waals surface area contributed by atoms with E-state index in [1.807, 2.05) is 24.3 Å². The molecule has 4 heterocycles. The molecule has 2 fully saturated rings. The molecule has 4 unspecified atom stereocenters. The van der Waals surface area contributed by atoms with Gasteiger partial charge in [0.05, 0.1) is 18.5 Å². The molecule has 9 nitrogen and oxygen atoms in total. The molecule has 1 aromatic heterocycles. The van der Waals surface area contributed by atoms with Gasteiger partial charge in [0.1, 0.15) is 0 Å². The highest BCUT2D eigenvalue weighted by Crippen LogP contribution is 2.43. The fraction of sp³-hybridized carbons (Fsp3) is 0.353. The number of rotatable bonds is 0. The van der Waals surface area contributed by atoms with Crippen molar-refractivity contribution >= 4 is 28.8 Å². The molecule has 0 radical (unpaired) electrons. The molecule has 3 bridgehead atoms. The van der Waals surface area contributed by atoms with Gasteiger partial charge in [0, 0.05) is 16.5 Å². The Labute approximate surface area is 146 Å². The lowest BCUT2D eigenvalue weighted by Gasteiger charge is -2.37. The SMILES string of the molecule is O=C1CC2(O)CC(=O)OC3c4c([nH]c5ccccc45)C(NC3OC2=O)O1. The summed E-state index contributed by atoms with van der Waals surface area (Å²) in [6, 6.07) is 7.32. The van der Waals surface area contributed by atoms with Crippen LogP contribution in [0.5, 0.6) is 0 Å². The van der Waals surface area contributed by atoms with Crippen molar-refractivity contribution in [3.8, 4) is 0 Å². The van der Waals surface area contributed by atoms with Crippen molar-refractivity contribution in [3.63, 3.8) is 0 Å². The van der Waals surface area contributed by atoms with Crippen LogP contribution in [0.4, 0.5) is 0 Å². The predicted octanol–water partition coefficient (Wildman–Crippen LogP) is 0.305. The second-order valence-electron chi connectivity index (χ2n) is 6.66. The first-order valence-electron chi connectivity index (χ1n) is 8.14. The Morgan fingerprint density at radius 1 is 1.04 bits per heavy atom. The molecule has 0 spiro atoms. The average Bonchev–Trinajstić information content (AvgIpc) is 2.96. The van der Waals surface area contributed by atoms with E-state index < -0.39 is 54.9 Å². The van der Waals surface area contributed by atoms with E-state index in [0.29, 0.717) is 11.3 Å². The van der Waals surface area contributed by atoms with Crippen LogP contribution in [0.1, 0.15) is 36.4 Å². The van der Waals surface area contributed by atoms with Crippen LogP contribution in [0.25, 0.3) is 10.9 Å². The van der Waals surface area contributed by atoms with E-state index in [9.17, 15) is 19.5 Å². The standard InChI is InChI=1S/C17H14N2O7/c20-9-5-17(23)6-10(21)25-14-12-11(7-3-1-2-4-8(7)18-12)13(24-9)15(19-14)26-16(17)22/h1-4,13-15,18-19,23H,5-6H2. The lowest BCUT2D eigenvalue weighted by atomic mass is 9.94. The quantitative estimate of drug-likeness (QED) is 0.453. The molecular weight excluding hydrogens is 344 g/mol. The number of aromatic nitrogens is 1. The van der Waals surface area contributed by atoms with Gasteiger partial charge >= 0.3 is 17.9 Å². The minimum Gasteiger partial charge on any atom is -0.452 e. The zero-order chi connectivity index (χ0) is 18.1. The van der Waals surface area contributed by atoms with E-state index in [4.69, 9.17) is 14.2 Å². The third kappa shape index (κ3) is 2.07. The Kier molecular flexibility index (Phi) is 2.98. The van der Waals surface area contributed by atoms with Gasteiger partial charge in [-0.15, -0.1) is 0 Å². The number of benzene rings is 1. The van der Waals surface area contributed by atoms with Crippen molar-refractivity contribution in [2.75, 3.05) is 0 Å². The molecule has 2 aromatic rings. The van der Waals surface area contributed by atoms with E-state index in [-0.39, 0.29) is 0 Å². The normalized spacial score (nSPS) is 33.3. The van der Waals surface area contributed by atoms with Gasteiger partial charge in [-0.25, -0.2) is 10.1 Å². The van der Waals surface area contributed by atoms with Crippen molar-refractivity contribution in [2.45, 2.75) is 37.0 Å². The lowest BCUT2D eigenvalue weighted by Crippen LogP contribution is -2.52. The maximum atomic E-state index is 12.4. The van der Waals surface area contributed by atoms with Gasteiger partial charge in [-0.1, -0.05) is 18.2 Å². The summed E-state index contributed by atoms with van der Waals surface area (Å²) in [7, 11) is 0. The number of nitrogens with one attached hydrogen (secondary N) is 2. The van der Waals surface area contributed by atoms with E-state index >= 15 is 0 Å². The molecule has 3 N–H and O–H groups in total. The van der Waals surface area contributed by atoms with E-state index in [0.717, 1.165) is 10.9 Å². The Hall–Kier alpha value is -2.91. The van der Waals surface area contributed by atoms with Crippen molar-refractivity contribution in [3.05, 3.63) is 35.5 Å². The third-order valence-electron chi connectivity index (χ3n) is 4.91. The van der Waals surface area contributed by atoms with Crippen molar-refractivity contribution in [1.82, 2.24) is 10.3 Å². The van der Waals surface area contributed by atoms with Gasteiger partial charge in [0.15, 0.2) is 24.2 Å². The number of fused-ring (bicyclic) bond motifs is 8. The maximum Gasteiger partial charge on any atom is 0.341 e. The van der Waals surface area contributed by atoms with Crippen LogP contribution in [0.3, 0.4) is 0 Å². The molecule has 0 aliphatic carbocycles. The van der Waals surface area contributed by atoms with Crippen molar-refractivity contribution in [2.24, 2.45) is 0 Å². The minimum absolute atomic E-state index is 0.511. The fourth-order valence-electron chi connectivity index (χ4n) is 3.74. The highest BCUT2D eigenvalue weighted by atomic mass is 16.6. The molecule has 1 aromatic carbocycles. The van der Waals surface area contributed by atoms with Gasteiger partial charge in [0.2, 0.25) is 0 Å². The van der Waals surface area contributed by atoms with Crippen molar-refractivity contribution in [1.29, 1.82) is 0 Å². The van der Waals surface area contributed by atoms with Crippen LogP contribution in [0.15, 0.2) is 24.3 Å². The van der Waals surface area contributed by atoms with Crippen LogP contribution in [0.2, 0.25) is 0 Å². The Morgan fingerprint density at radius 2 is 1.77 bits per heavy atom. The molecule has 2 saturated heterocycles. The van der Waals surface area contributed by atoms with Crippen LogP contribution in [-0.4, -0.2) is 39.8 Å². The number of carbonyl (C=O) groups excluding carboxylic acids is 3. The van der Waals surface area contributed by atoms with E-state index in [1.54, 1.807) is 0 Å². The topological polar surface area (TPSA) is 127 Å². The fourth-order valence-corrected chi connectivity index (χ4v) is 3.74. The summed E-state index contributed by atoms with van der Waals surface area (Å²) in [4.78, 5) is 40.2. The molecule has 4 atom stereocenters. The van der Waals surface area contributed by atoms with Gasteiger partial charge < -0.3 is 24.3 Å². The number of esters is 3. The number of para-hydroxylation sites is 1. The third-order valence-corrected chi connectivity index (χ3v) is 4.91. The molecule has 0 saturated carbocycles.